The molecule has 0 spiro atoms. The lowest BCUT2D eigenvalue weighted by Crippen LogP contribution is -1.97. The van der Waals surface area contributed by atoms with Crippen LogP contribution in [0.15, 0.2) is 54.6 Å². The normalized spacial score (nSPS) is 11.5. The first kappa shape index (κ1) is 15.1. The largest absolute Gasteiger partial charge is 0.343 e. The standard InChI is InChI=1S/C23H19N3/c1-25-20-11-5-3-8-15(20)18-14-19-16-9-4-6-12-21(16)26(2)23(19)17(22(18)25)10-7-13-24/h3-6,8-9,11-12,14H,13,24H2,1-2H3. The van der Waals surface area contributed by atoms with Crippen LogP contribution in [-0.2, 0) is 14.1 Å². The van der Waals surface area contributed by atoms with Crippen LogP contribution in [0.25, 0.3) is 43.6 Å². The van der Waals surface area contributed by atoms with Gasteiger partial charge >= 0.3 is 0 Å². The molecule has 2 N–H and O–H groups in total. The molecule has 0 aliphatic heterocycles. The van der Waals surface area contributed by atoms with Crippen LogP contribution < -0.4 is 5.73 Å². The third-order valence-electron chi connectivity index (χ3n) is 5.37. The van der Waals surface area contributed by atoms with Crippen LogP contribution in [0.3, 0.4) is 0 Å². The molecular weight excluding hydrogens is 318 g/mol. The second-order valence-corrected chi connectivity index (χ2v) is 6.70. The minimum absolute atomic E-state index is 0.353. The van der Waals surface area contributed by atoms with E-state index in [0.29, 0.717) is 6.54 Å². The number of fused-ring (bicyclic) bond motifs is 6. The summed E-state index contributed by atoms with van der Waals surface area (Å²) in [5.74, 6) is 6.46. The summed E-state index contributed by atoms with van der Waals surface area (Å²) < 4.78 is 4.50. The molecule has 0 saturated heterocycles. The summed E-state index contributed by atoms with van der Waals surface area (Å²) in [6.45, 7) is 0.353. The van der Waals surface area contributed by atoms with Gasteiger partial charge in [-0.1, -0.05) is 48.2 Å². The lowest BCUT2D eigenvalue weighted by molar-refractivity contribution is 0.998. The summed E-state index contributed by atoms with van der Waals surface area (Å²) in [5, 5.41) is 5.01. The van der Waals surface area contributed by atoms with Gasteiger partial charge in [0, 0.05) is 46.7 Å². The third kappa shape index (κ3) is 1.82. The Hall–Kier alpha value is -3.22. The van der Waals surface area contributed by atoms with Crippen molar-refractivity contribution in [1.29, 1.82) is 0 Å². The Morgan fingerprint density at radius 3 is 1.77 bits per heavy atom. The highest BCUT2D eigenvalue weighted by atomic mass is 15.0. The zero-order chi connectivity index (χ0) is 17.8. The Kier molecular flexibility index (Phi) is 3.12. The van der Waals surface area contributed by atoms with Gasteiger partial charge in [-0.25, -0.2) is 0 Å². The quantitative estimate of drug-likeness (QED) is 0.421. The number of nitrogens with two attached hydrogens (primary N) is 1. The highest BCUT2D eigenvalue weighted by Gasteiger charge is 2.18. The van der Waals surface area contributed by atoms with Gasteiger partial charge < -0.3 is 14.9 Å². The van der Waals surface area contributed by atoms with Crippen molar-refractivity contribution in [3.63, 3.8) is 0 Å². The Bertz CT molecular complexity index is 1290. The molecule has 0 aliphatic rings. The fourth-order valence-electron chi connectivity index (χ4n) is 4.26. The molecule has 0 saturated carbocycles. The smallest absolute Gasteiger partial charge is 0.0732 e. The van der Waals surface area contributed by atoms with E-state index in [1.807, 2.05) is 0 Å². The molecule has 5 aromatic rings. The maximum atomic E-state index is 5.70. The number of hydrogen-bond donors (Lipinski definition) is 1. The predicted molar refractivity (Wildman–Crippen MR) is 110 cm³/mol. The van der Waals surface area contributed by atoms with Crippen LogP contribution in [-0.4, -0.2) is 15.7 Å². The molecule has 5 rings (SSSR count). The molecule has 0 aliphatic carbocycles. The fraction of sp³-hybridized carbons (Fsp3) is 0.130. The van der Waals surface area contributed by atoms with E-state index >= 15 is 0 Å². The van der Waals surface area contributed by atoms with E-state index in [1.165, 1.54) is 43.6 Å². The molecule has 2 heterocycles. The number of hydrogen-bond acceptors (Lipinski definition) is 1. The summed E-state index contributed by atoms with van der Waals surface area (Å²) >= 11 is 0. The van der Waals surface area contributed by atoms with E-state index in [-0.39, 0.29) is 0 Å². The number of rotatable bonds is 0. The fourth-order valence-corrected chi connectivity index (χ4v) is 4.26. The van der Waals surface area contributed by atoms with E-state index in [1.54, 1.807) is 0 Å². The highest BCUT2D eigenvalue weighted by molar-refractivity contribution is 6.20. The van der Waals surface area contributed by atoms with Crippen molar-refractivity contribution in [1.82, 2.24) is 9.13 Å². The summed E-state index contributed by atoms with van der Waals surface area (Å²) in [6.07, 6.45) is 0. The predicted octanol–water partition coefficient (Wildman–Crippen LogP) is 4.29. The first-order chi connectivity index (χ1) is 12.7. The number of aryl methyl sites for hydroxylation is 2. The topological polar surface area (TPSA) is 35.9 Å². The van der Waals surface area contributed by atoms with Crippen molar-refractivity contribution in [3.05, 3.63) is 60.2 Å². The van der Waals surface area contributed by atoms with E-state index in [9.17, 15) is 0 Å². The Labute approximate surface area is 151 Å². The minimum Gasteiger partial charge on any atom is -0.343 e. The van der Waals surface area contributed by atoms with Crippen molar-refractivity contribution in [2.45, 2.75) is 0 Å². The molecule has 0 unspecified atom stereocenters. The molecular formula is C23H19N3. The van der Waals surface area contributed by atoms with Gasteiger partial charge in [0.2, 0.25) is 0 Å². The Balaban J connectivity index is 2.14. The molecule has 0 fully saturated rings. The van der Waals surface area contributed by atoms with Gasteiger partial charge in [-0.3, -0.25) is 0 Å². The molecule has 0 radical (unpaired) electrons. The van der Waals surface area contributed by atoms with Crippen LogP contribution in [0.2, 0.25) is 0 Å². The van der Waals surface area contributed by atoms with Crippen molar-refractivity contribution < 1.29 is 0 Å². The molecule has 0 amide bonds. The van der Waals surface area contributed by atoms with E-state index < -0.39 is 0 Å². The van der Waals surface area contributed by atoms with Crippen LogP contribution in [0.1, 0.15) is 5.56 Å². The zero-order valence-corrected chi connectivity index (χ0v) is 14.9. The van der Waals surface area contributed by atoms with E-state index in [2.05, 4.69) is 89.7 Å². The minimum atomic E-state index is 0.353. The summed E-state index contributed by atoms with van der Waals surface area (Å²) in [7, 11) is 4.24. The molecule has 2 aromatic heterocycles. The van der Waals surface area contributed by atoms with Crippen LogP contribution in [0.5, 0.6) is 0 Å². The van der Waals surface area contributed by atoms with Gasteiger partial charge in [-0.15, -0.1) is 0 Å². The van der Waals surface area contributed by atoms with Crippen LogP contribution >= 0.6 is 0 Å². The Morgan fingerprint density at radius 1 is 0.769 bits per heavy atom. The van der Waals surface area contributed by atoms with Gasteiger partial charge in [0.15, 0.2) is 0 Å². The zero-order valence-electron chi connectivity index (χ0n) is 14.9. The second-order valence-electron chi connectivity index (χ2n) is 6.70. The molecule has 126 valence electrons. The van der Waals surface area contributed by atoms with Gasteiger partial charge in [-0.05, 0) is 18.2 Å². The van der Waals surface area contributed by atoms with E-state index in [4.69, 9.17) is 5.73 Å². The lowest BCUT2D eigenvalue weighted by Gasteiger charge is -2.06. The summed E-state index contributed by atoms with van der Waals surface area (Å²) in [6, 6.07) is 19.4. The van der Waals surface area contributed by atoms with Crippen molar-refractivity contribution in [2.75, 3.05) is 6.54 Å². The number of nitrogens with zero attached hydrogens (tertiary/aromatic N) is 2. The highest BCUT2D eigenvalue weighted by Crippen LogP contribution is 2.38. The number of aromatic nitrogens is 2. The molecule has 3 aromatic carbocycles. The maximum Gasteiger partial charge on any atom is 0.0732 e. The average molecular weight is 337 g/mol. The second kappa shape index (κ2) is 5.39. The summed E-state index contributed by atoms with van der Waals surface area (Å²) in [5.41, 5.74) is 11.5. The number of benzene rings is 3. The molecule has 0 bridgehead atoms. The number of para-hydroxylation sites is 2. The lowest BCUT2D eigenvalue weighted by atomic mass is 10.0. The van der Waals surface area contributed by atoms with Crippen molar-refractivity contribution >= 4 is 43.6 Å². The van der Waals surface area contributed by atoms with Crippen molar-refractivity contribution in [3.8, 4) is 11.8 Å². The van der Waals surface area contributed by atoms with Crippen LogP contribution in [0.4, 0.5) is 0 Å². The molecule has 3 heteroatoms. The maximum absolute atomic E-state index is 5.70. The van der Waals surface area contributed by atoms with Crippen molar-refractivity contribution in [2.24, 2.45) is 19.8 Å². The first-order valence-electron chi connectivity index (χ1n) is 8.78. The van der Waals surface area contributed by atoms with Gasteiger partial charge in [-0.2, -0.15) is 0 Å². The average Bonchev–Trinajstić information content (AvgIpc) is 3.13. The van der Waals surface area contributed by atoms with Gasteiger partial charge in [0.1, 0.15) is 0 Å². The third-order valence-corrected chi connectivity index (χ3v) is 5.37. The molecule has 26 heavy (non-hydrogen) atoms. The first-order valence-corrected chi connectivity index (χ1v) is 8.78. The van der Waals surface area contributed by atoms with Gasteiger partial charge in [0.25, 0.3) is 0 Å². The monoisotopic (exact) mass is 337 g/mol. The van der Waals surface area contributed by atoms with Gasteiger partial charge in [0.05, 0.1) is 23.1 Å². The SMILES string of the molecule is Cn1c2ccccc2c2cc3c4ccccc4n(C)c3c(C#CCN)c21. The molecule has 3 nitrogen and oxygen atoms in total. The Morgan fingerprint density at radius 2 is 1.27 bits per heavy atom. The molecule has 0 atom stereocenters. The summed E-state index contributed by atoms with van der Waals surface area (Å²) in [4.78, 5) is 0. The van der Waals surface area contributed by atoms with E-state index in [0.717, 1.165) is 5.56 Å². The van der Waals surface area contributed by atoms with Crippen LogP contribution in [0, 0.1) is 11.8 Å².